The number of hydrogen-bond acceptors (Lipinski definition) is 5. The number of fused-ring (bicyclic) bond motifs is 1. The Bertz CT molecular complexity index is 1040. The van der Waals surface area contributed by atoms with Gasteiger partial charge in [-0.1, -0.05) is 42.4 Å². The van der Waals surface area contributed by atoms with Crippen LogP contribution in [0.2, 0.25) is 0 Å². The maximum Gasteiger partial charge on any atom is 0.320 e. The molecular weight excluding hydrogens is 352 g/mol. The van der Waals surface area contributed by atoms with Crippen LogP contribution in [0.3, 0.4) is 0 Å². The molecule has 9 heteroatoms. The number of nitrogens with one attached hydrogen (secondary N) is 1. The molecule has 2 aromatic carbocycles. The lowest BCUT2D eigenvalue weighted by Crippen LogP contribution is -2.17. The number of nitrogens with zero attached hydrogens (tertiary/aromatic N) is 6. The minimum atomic E-state index is -2.66. The van der Waals surface area contributed by atoms with E-state index in [-0.39, 0.29) is 5.92 Å². The molecule has 27 heavy (non-hydrogen) atoms. The zero-order chi connectivity index (χ0) is 18.8. The van der Waals surface area contributed by atoms with Gasteiger partial charge in [-0.3, -0.25) is 4.57 Å². The number of aromatic nitrogens is 6. The molecule has 0 radical (unpaired) electrons. The molecule has 2 heterocycles. The minimum Gasteiger partial charge on any atom is -0.352 e. The highest BCUT2D eigenvalue weighted by atomic mass is 19.3. The van der Waals surface area contributed by atoms with Crippen molar-refractivity contribution in [1.82, 2.24) is 29.8 Å². The summed E-state index contributed by atoms with van der Waals surface area (Å²) in [5.41, 5.74) is 1.77. The highest BCUT2D eigenvalue weighted by molar-refractivity contribution is 5.76. The van der Waals surface area contributed by atoms with Gasteiger partial charge in [0.25, 0.3) is 0 Å². The van der Waals surface area contributed by atoms with E-state index < -0.39 is 6.55 Å². The lowest BCUT2D eigenvalue weighted by Gasteiger charge is -2.15. The number of anilines is 1. The Hall–Kier alpha value is -3.36. The highest BCUT2D eigenvalue weighted by Gasteiger charge is 2.22. The fourth-order valence-electron chi connectivity index (χ4n) is 2.99. The number of benzene rings is 2. The second-order valence-corrected chi connectivity index (χ2v) is 6.14. The molecular formula is C18H17F2N7. The van der Waals surface area contributed by atoms with Crippen molar-refractivity contribution >= 4 is 17.0 Å². The molecule has 0 bridgehead atoms. The van der Waals surface area contributed by atoms with E-state index in [1.807, 2.05) is 37.3 Å². The molecule has 1 N–H and O–H groups in total. The molecule has 0 saturated carbocycles. The Morgan fingerprint density at radius 2 is 1.78 bits per heavy atom. The second-order valence-electron chi connectivity index (χ2n) is 6.14. The first-order chi connectivity index (χ1) is 13.1. The van der Waals surface area contributed by atoms with Crippen LogP contribution in [-0.2, 0) is 0 Å². The van der Waals surface area contributed by atoms with Gasteiger partial charge in [-0.2, -0.15) is 13.5 Å². The van der Waals surface area contributed by atoms with E-state index in [4.69, 9.17) is 0 Å². The van der Waals surface area contributed by atoms with E-state index in [9.17, 15) is 8.78 Å². The first-order valence-corrected chi connectivity index (χ1v) is 8.48. The maximum atomic E-state index is 13.6. The van der Waals surface area contributed by atoms with Gasteiger partial charge in [0.1, 0.15) is 5.82 Å². The Morgan fingerprint density at radius 1 is 1.04 bits per heavy atom. The van der Waals surface area contributed by atoms with E-state index >= 15 is 0 Å². The Balaban J connectivity index is 1.58. The van der Waals surface area contributed by atoms with Gasteiger partial charge in [0.2, 0.25) is 5.95 Å². The molecule has 0 unspecified atom stereocenters. The van der Waals surface area contributed by atoms with Gasteiger partial charge < -0.3 is 5.32 Å². The van der Waals surface area contributed by atoms with Crippen molar-refractivity contribution in [2.24, 2.45) is 0 Å². The number of imidazole rings is 1. The van der Waals surface area contributed by atoms with Crippen molar-refractivity contribution in [3.05, 3.63) is 60.4 Å². The molecule has 0 aliphatic carbocycles. The van der Waals surface area contributed by atoms with Crippen molar-refractivity contribution in [2.75, 3.05) is 11.9 Å². The van der Waals surface area contributed by atoms with Crippen molar-refractivity contribution in [3.8, 4) is 5.69 Å². The topological polar surface area (TPSA) is 73.5 Å². The normalized spacial score (nSPS) is 12.6. The summed E-state index contributed by atoms with van der Waals surface area (Å²) in [6.07, 6.45) is 0. The van der Waals surface area contributed by atoms with Gasteiger partial charge in [0, 0.05) is 12.5 Å². The average Bonchev–Trinajstić information content (AvgIpc) is 3.31. The Morgan fingerprint density at radius 3 is 2.56 bits per heavy atom. The molecule has 0 amide bonds. The van der Waals surface area contributed by atoms with Gasteiger partial charge in [-0.05, 0) is 34.7 Å². The summed E-state index contributed by atoms with van der Waals surface area (Å²) < 4.78 is 29.8. The third-order valence-electron chi connectivity index (χ3n) is 4.30. The van der Waals surface area contributed by atoms with Gasteiger partial charge in [-0.15, -0.1) is 0 Å². The fraction of sp³-hybridized carbons (Fsp3) is 0.222. The van der Waals surface area contributed by atoms with Crippen LogP contribution in [0.1, 0.15) is 25.2 Å². The summed E-state index contributed by atoms with van der Waals surface area (Å²) in [7, 11) is 0. The summed E-state index contributed by atoms with van der Waals surface area (Å²) in [6.45, 7) is -0.475. The zero-order valence-corrected chi connectivity index (χ0v) is 14.5. The summed E-state index contributed by atoms with van der Waals surface area (Å²) in [4.78, 5) is 4.40. The fourth-order valence-corrected chi connectivity index (χ4v) is 2.99. The molecule has 1 atom stereocenters. The van der Waals surface area contributed by atoms with E-state index in [0.29, 0.717) is 29.4 Å². The predicted octanol–water partition coefficient (Wildman–Crippen LogP) is 3.62. The van der Waals surface area contributed by atoms with Gasteiger partial charge in [0.15, 0.2) is 0 Å². The number of alkyl halides is 2. The van der Waals surface area contributed by atoms with E-state index in [1.165, 1.54) is 0 Å². The van der Waals surface area contributed by atoms with Crippen LogP contribution in [0.25, 0.3) is 16.7 Å². The van der Waals surface area contributed by atoms with Crippen molar-refractivity contribution < 1.29 is 8.78 Å². The summed E-state index contributed by atoms with van der Waals surface area (Å²) in [5.74, 6) is 0.470. The maximum absolute atomic E-state index is 13.6. The van der Waals surface area contributed by atoms with Crippen LogP contribution < -0.4 is 5.32 Å². The number of para-hydroxylation sites is 3. The smallest absolute Gasteiger partial charge is 0.320 e. The van der Waals surface area contributed by atoms with E-state index in [0.717, 1.165) is 10.3 Å². The summed E-state index contributed by atoms with van der Waals surface area (Å²) in [5, 5.41) is 14.8. The Labute approximate surface area is 153 Å². The number of rotatable bonds is 6. The standard InChI is InChI=1S/C18H17F2N7/c1-12(16-22-14-9-5-6-10-15(14)26(16)17(19)20)11-21-18-23-24-25-27(18)13-7-3-2-4-8-13/h2-10,12,17H,11H2,1H3,(H,21,23,25)/t12-/m1/s1. The molecule has 0 saturated heterocycles. The van der Waals surface area contributed by atoms with Crippen molar-refractivity contribution in [1.29, 1.82) is 0 Å². The minimum absolute atomic E-state index is 0.285. The van der Waals surface area contributed by atoms with Gasteiger partial charge in [-0.25, -0.2) is 4.98 Å². The first-order valence-electron chi connectivity index (χ1n) is 8.48. The van der Waals surface area contributed by atoms with Crippen LogP contribution in [0.15, 0.2) is 54.6 Å². The predicted molar refractivity (Wildman–Crippen MR) is 97.0 cm³/mol. The number of tetrazole rings is 1. The molecule has 4 rings (SSSR count). The molecule has 0 aliphatic rings. The van der Waals surface area contributed by atoms with E-state index in [2.05, 4.69) is 25.8 Å². The highest BCUT2D eigenvalue weighted by Crippen LogP contribution is 2.27. The first kappa shape index (κ1) is 17.1. The third-order valence-corrected chi connectivity index (χ3v) is 4.30. The van der Waals surface area contributed by atoms with Crippen molar-refractivity contribution in [3.63, 3.8) is 0 Å². The second kappa shape index (κ2) is 7.10. The summed E-state index contributed by atoms with van der Waals surface area (Å²) >= 11 is 0. The molecule has 4 aromatic rings. The number of hydrogen-bond donors (Lipinski definition) is 1. The van der Waals surface area contributed by atoms with Gasteiger partial charge in [0.05, 0.1) is 16.7 Å². The largest absolute Gasteiger partial charge is 0.352 e. The van der Waals surface area contributed by atoms with Crippen LogP contribution >= 0.6 is 0 Å². The van der Waals surface area contributed by atoms with Crippen LogP contribution in [0.4, 0.5) is 14.7 Å². The lowest BCUT2D eigenvalue weighted by molar-refractivity contribution is 0.0706. The number of halogens is 2. The molecule has 2 aromatic heterocycles. The molecule has 0 fully saturated rings. The van der Waals surface area contributed by atoms with Crippen LogP contribution in [-0.4, -0.2) is 36.3 Å². The molecule has 138 valence electrons. The summed E-state index contributed by atoms with van der Waals surface area (Å²) in [6, 6.07) is 16.3. The SMILES string of the molecule is C[C@H](CNc1nnnn1-c1ccccc1)c1nc2ccccc2n1C(F)F. The molecule has 0 aliphatic heterocycles. The monoisotopic (exact) mass is 369 g/mol. The van der Waals surface area contributed by atoms with Crippen LogP contribution in [0.5, 0.6) is 0 Å². The Kier molecular flexibility index (Phi) is 4.49. The lowest BCUT2D eigenvalue weighted by atomic mass is 10.1. The molecule has 7 nitrogen and oxygen atoms in total. The average molecular weight is 369 g/mol. The third kappa shape index (κ3) is 3.23. The quantitative estimate of drug-likeness (QED) is 0.562. The molecule has 0 spiro atoms. The zero-order valence-electron chi connectivity index (χ0n) is 14.5. The van der Waals surface area contributed by atoms with Gasteiger partial charge >= 0.3 is 6.55 Å². The van der Waals surface area contributed by atoms with Crippen molar-refractivity contribution in [2.45, 2.75) is 19.4 Å². The van der Waals surface area contributed by atoms with Crippen LogP contribution in [0, 0.1) is 0 Å². The van der Waals surface area contributed by atoms with E-state index in [1.54, 1.807) is 28.9 Å².